The van der Waals surface area contributed by atoms with E-state index in [9.17, 15) is 50.9 Å². The number of hydrogen-bond acceptors (Lipinski definition) is 26. The smallest absolute Gasteiger partial charge is 0.416 e. The van der Waals surface area contributed by atoms with Crippen LogP contribution in [0.3, 0.4) is 0 Å². The highest BCUT2D eigenvalue weighted by atomic mass is 35.5. The Labute approximate surface area is 676 Å². The van der Waals surface area contributed by atoms with Gasteiger partial charge in [-0.25, -0.2) is 43.1 Å². The number of rotatable bonds is 22. The summed E-state index contributed by atoms with van der Waals surface area (Å²) in [5.41, 5.74) is 24.9. The lowest BCUT2D eigenvalue weighted by Crippen LogP contribution is -2.38. The first kappa shape index (κ1) is 82.0. The Morgan fingerprint density at radius 3 is 1.21 bits per heavy atom. The standard InChI is InChI=1S/C28H24ClF4N7O2.2C27H26FN7O3/c1-16-8-17(11-20(29)9-16)18-10-19(28(31,32)33)13-22(12-18)36-21-2-3-24(34-14-21)26(41)38-39-27-35-15-23(30)25(37-27)40-4-6-42-7-5-40;1-17-11-19(18-3-2-4-22(36)14-18)13-21(12-17)31-20-5-6-24(29-15-20)26(37)33-34-27-30-16-23(28)25(32-27)35-7-9-38-10-8-35;28-23-17-30-27(32-25(23)35-9-11-38-12-10-35)34-33-26(37)24-8-7-21(16-29-24)31-20-5-1-3-18(14-20)13-19-4-2-6-22(36)15-19/h2-3,8-15,36H,4-7H2,1H3,(H,38,41)(H,35,37,39);2-6,11-16,31,36H,7-10H2,1H3,(H,33,37)(H,30,32,34);1-8,14-17,31,36H,9-13H2,(H,33,37)(H,30,32,34). The second-order valence-corrected chi connectivity index (χ2v) is 27.2. The molecule has 3 aliphatic rings. The molecule has 12 aromatic rings. The fourth-order valence-corrected chi connectivity index (χ4v) is 12.7. The summed E-state index contributed by atoms with van der Waals surface area (Å²) in [6.45, 7) is 9.63. The molecule has 0 saturated carbocycles. The number of aryl methyl sites for hydroxylation is 2. The van der Waals surface area contributed by atoms with Gasteiger partial charge in [0, 0.05) is 61.4 Å². The van der Waals surface area contributed by atoms with E-state index in [-0.39, 0.29) is 69.6 Å². The zero-order valence-electron chi connectivity index (χ0n) is 63.1. The Kier molecular flexibility index (Phi) is 26.7. The highest BCUT2D eigenvalue weighted by molar-refractivity contribution is 6.31. The van der Waals surface area contributed by atoms with Gasteiger partial charge >= 0.3 is 6.18 Å². The number of phenolic OH excluding ortho intramolecular Hbond substituents is 2. The van der Waals surface area contributed by atoms with Gasteiger partial charge in [-0.1, -0.05) is 60.1 Å². The molecule has 0 bridgehead atoms. The fourth-order valence-electron chi connectivity index (χ4n) is 12.4. The molecule has 3 aliphatic heterocycles. The SMILES string of the molecule is Cc1cc(Cl)cc(-c2cc(Nc3ccc(C(=O)NNc4ncc(F)c(N5CCOCC5)n4)nc3)cc(C(F)(F)F)c2)c1.Cc1cc(Nc2ccc(C(=O)NNc3ncc(F)c(N4CCOCC4)n3)nc2)cc(-c2cccc(O)c2)c1.O=C(NNc1ncc(F)c(N2CCOCC2)n1)c1ccc(Nc2cccc(Cc3cccc(O)c3)c2)cn1. The van der Waals surface area contributed by atoms with Crippen LogP contribution in [-0.2, 0) is 26.8 Å². The van der Waals surface area contributed by atoms with E-state index in [2.05, 4.69) is 93.4 Å². The molecule has 3 amide bonds. The summed E-state index contributed by atoms with van der Waals surface area (Å²) in [4.78, 5) is 79.6. The van der Waals surface area contributed by atoms with Crippen molar-refractivity contribution in [3.05, 3.63) is 268 Å². The minimum absolute atomic E-state index is 0.00250. The highest BCUT2D eigenvalue weighted by Crippen LogP contribution is 2.38. The molecule has 11 N–H and O–H groups in total. The average Bonchev–Trinajstić information content (AvgIpc) is 0.796. The summed E-state index contributed by atoms with van der Waals surface area (Å²) in [6, 6.07) is 46.4. The number of nitrogens with zero attached hydrogens (tertiary/aromatic N) is 12. The second-order valence-electron chi connectivity index (χ2n) is 26.8. The lowest BCUT2D eigenvalue weighted by Gasteiger charge is -2.28. The number of hydrogen-bond donors (Lipinski definition) is 11. The topological polar surface area (TPSA) is 353 Å². The number of aromatic nitrogens is 9. The number of benzene rings is 6. The lowest BCUT2D eigenvalue weighted by atomic mass is 10.00. The average molecular weight is 1630 g/mol. The number of anilines is 12. The van der Waals surface area contributed by atoms with Crippen molar-refractivity contribution >= 4 is 98.7 Å². The summed E-state index contributed by atoms with van der Waals surface area (Å²) in [6.07, 6.45) is 3.63. The quantitative estimate of drug-likeness (QED) is 0.0222. The molecule has 3 saturated heterocycles. The van der Waals surface area contributed by atoms with E-state index in [1.54, 1.807) is 113 Å². The molecule has 606 valence electrons. The number of hydrazine groups is 3. The number of morpholine rings is 3. The predicted molar refractivity (Wildman–Crippen MR) is 433 cm³/mol. The second kappa shape index (κ2) is 38.4. The normalized spacial score (nSPS) is 13.3. The number of carbonyl (C=O) groups excluding carboxylic acids is 3. The van der Waals surface area contributed by atoms with E-state index < -0.39 is 46.9 Å². The molecule has 0 radical (unpaired) electrons. The number of ether oxygens (including phenoxy) is 3. The van der Waals surface area contributed by atoms with Gasteiger partial charge in [0.25, 0.3) is 17.7 Å². The maximum atomic E-state index is 14.2. The van der Waals surface area contributed by atoms with E-state index >= 15 is 0 Å². The largest absolute Gasteiger partial charge is 0.508 e. The van der Waals surface area contributed by atoms with Crippen LogP contribution in [-0.4, -0.2) is 152 Å². The first-order valence-electron chi connectivity index (χ1n) is 36.7. The number of alkyl halides is 3. The van der Waals surface area contributed by atoms with Gasteiger partial charge in [0.1, 0.15) is 28.6 Å². The van der Waals surface area contributed by atoms with Crippen molar-refractivity contribution in [3.8, 4) is 33.8 Å². The molecule has 0 atom stereocenters. The molecule has 6 aromatic heterocycles. The number of pyridine rings is 3. The van der Waals surface area contributed by atoms with Gasteiger partial charge < -0.3 is 55.1 Å². The van der Waals surface area contributed by atoms with Crippen LogP contribution in [0.15, 0.2) is 201 Å². The number of amides is 3. The van der Waals surface area contributed by atoms with Gasteiger partial charge in [0.2, 0.25) is 17.8 Å². The van der Waals surface area contributed by atoms with Crippen molar-refractivity contribution in [1.29, 1.82) is 0 Å². The van der Waals surface area contributed by atoms with Gasteiger partial charge in [-0.05, 0) is 180 Å². The molecule has 0 spiro atoms. The van der Waals surface area contributed by atoms with Gasteiger partial charge in [0.05, 0.1) is 99.4 Å². The van der Waals surface area contributed by atoms with Crippen molar-refractivity contribution in [3.63, 3.8) is 0 Å². The van der Waals surface area contributed by atoms with E-state index in [4.69, 9.17) is 25.8 Å². The Morgan fingerprint density at radius 1 is 0.407 bits per heavy atom. The van der Waals surface area contributed by atoms with Crippen LogP contribution in [0.25, 0.3) is 22.3 Å². The molecule has 9 heterocycles. The maximum absolute atomic E-state index is 14.2. The van der Waals surface area contributed by atoms with Gasteiger partial charge in [-0.3, -0.25) is 46.9 Å². The molecule has 0 aliphatic carbocycles. The van der Waals surface area contributed by atoms with Crippen molar-refractivity contribution in [1.82, 2.24) is 61.1 Å². The lowest BCUT2D eigenvalue weighted by molar-refractivity contribution is -0.137. The zero-order chi connectivity index (χ0) is 82.7. The van der Waals surface area contributed by atoms with E-state index in [0.717, 1.165) is 75.5 Å². The van der Waals surface area contributed by atoms with Crippen molar-refractivity contribution in [2.75, 3.05) is 126 Å². The summed E-state index contributed by atoms with van der Waals surface area (Å²) in [5, 5.41) is 29.4. The van der Waals surface area contributed by atoms with Crippen molar-refractivity contribution < 1.29 is 65.1 Å². The van der Waals surface area contributed by atoms with Crippen LogP contribution in [0.1, 0.15) is 59.3 Å². The molecule has 6 aromatic carbocycles. The van der Waals surface area contributed by atoms with Crippen LogP contribution in [0.2, 0.25) is 5.02 Å². The fraction of sp³-hybridized carbons (Fsp3) is 0.195. The Hall–Kier alpha value is -14.0. The molecular weight excluding hydrogens is 1560 g/mol. The molecule has 3 fully saturated rings. The van der Waals surface area contributed by atoms with Crippen LogP contribution >= 0.6 is 11.6 Å². The van der Waals surface area contributed by atoms with E-state index in [1.807, 2.05) is 67.6 Å². The number of aromatic hydroxyl groups is 2. The monoisotopic (exact) mass is 1630 g/mol. The number of halogens is 7. The highest BCUT2D eigenvalue weighted by Gasteiger charge is 2.32. The minimum Gasteiger partial charge on any atom is -0.508 e. The number of nitrogens with one attached hydrogen (secondary N) is 9. The molecule has 0 unspecified atom stereocenters. The zero-order valence-corrected chi connectivity index (χ0v) is 63.9. The minimum atomic E-state index is -4.58. The summed E-state index contributed by atoms with van der Waals surface area (Å²) in [5.74, 6) is -2.40. The molecule has 36 heteroatoms. The van der Waals surface area contributed by atoms with Crippen molar-refractivity contribution in [2.24, 2.45) is 0 Å². The Balaban J connectivity index is 0.000000154. The van der Waals surface area contributed by atoms with Crippen LogP contribution in [0.4, 0.5) is 95.8 Å². The van der Waals surface area contributed by atoms with Crippen LogP contribution in [0.5, 0.6) is 11.5 Å². The number of carbonyl (C=O) groups is 3. The molecule has 15 rings (SSSR count). The van der Waals surface area contributed by atoms with Gasteiger partial charge in [-0.15, -0.1) is 0 Å². The molecule has 29 nitrogen and oxygen atoms in total. The first-order chi connectivity index (χ1) is 57.0. The van der Waals surface area contributed by atoms with Crippen LogP contribution in [0, 0.1) is 31.3 Å². The van der Waals surface area contributed by atoms with Gasteiger partial charge in [0.15, 0.2) is 34.9 Å². The Bertz CT molecular complexity index is 5500. The number of phenols is 2. The van der Waals surface area contributed by atoms with E-state index in [1.165, 1.54) is 18.3 Å². The summed E-state index contributed by atoms with van der Waals surface area (Å²) >= 11 is 6.13. The molecule has 118 heavy (non-hydrogen) atoms. The first-order valence-corrected chi connectivity index (χ1v) is 37.1. The maximum Gasteiger partial charge on any atom is 0.416 e. The predicted octanol–water partition coefficient (Wildman–Crippen LogP) is 13.7. The third-order valence-corrected chi connectivity index (χ3v) is 18.2. The van der Waals surface area contributed by atoms with Crippen LogP contribution < -0.4 is 63.2 Å². The summed E-state index contributed by atoms with van der Waals surface area (Å²) < 4.78 is 99.5. The van der Waals surface area contributed by atoms with Crippen molar-refractivity contribution in [2.45, 2.75) is 26.4 Å². The third kappa shape index (κ3) is 22.7. The summed E-state index contributed by atoms with van der Waals surface area (Å²) in [7, 11) is 0. The van der Waals surface area contributed by atoms with Gasteiger partial charge in [-0.2, -0.15) is 28.1 Å². The van der Waals surface area contributed by atoms with E-state index in [0.29, 0.717) is 119 Å². The Morgan fingerprint density at radius 2 is 0.797 bits per heavy atom. The third-order valence-electron chi connectivity index (χ3n) is 18.0. The molecular formula is C82H76ClF6N21O8.